The normalized spacial score (nSPS) is 18.1. The van der Waals surface area contributed by atoms with Gasteiger partial charge in [0.15, 0.2) is 5.82 Å². The first kappa shape index (κ1) is 16.2. The van der Waals surface area contributed by atoms with E-state index in [0.717, 1.165) is 29.3 Å². The highest BCUT2D eigenvalue weighted by Gasteiger charge is 2.30. The maximum Gasteiger partial charge on any atom is 0.223 e. The topological polar surface area (TPSA) is 76.7 Å². The van der Waals surface area contributed by atoms with E-state index in [1.54, 1.807) is 0 Å². The van der Waals surface area contributed by atoms with E-state index in [9.17, 15) is 0 Å². The van der Waals surface area contributed by atoms with Gasteiger partial charge in [0.1, 0.15) is 16.5 Å². The summed E-state index contributed by atoms with van der Waals surface area (Å²) in [6.45, 7) is 3.96. The van der Waals surface area contributed by atoms with E-state index in [-0.39, 0.29) is 6.04 Å². The Labute approximate surface area is 156 Å². The van der Waals surface area contributed by atoms with Crippen molar-refractivity contribution >= 4 is 27.4 Å². The minimum atomic E-state index is -0.00302. The predicted molar refractivity (Wildman–Crippen MR) is 102 cm³/mol. The second-order valence-electron chi connectivity index (χ2n) is 7.37. The molecule has 0 bridgehead atoms. The minimum Gasteiger partial charge on any atom is -0.359 e. The summed E-state index contributed by atoms with van der Waals surface area (Å²) in [7, 11) is 0. The maximum atomic E-state index is 5.19. The van der Waals surface area contributed by atoms with Crippen LogP contribution in [0.15, 0.2) is 4.52 Å². The predicted octanol–water partition coefficient (Wildman–Crippen LogP) is 4.70. The smallest absolute Gasteiger partial charge is 0.223 e. The van der Waals surface area contributed by atoms with Gasteiger partial charge in [-0.05, 0) is 50.5 Å². The van der Waals surface area contributed by atoms with Gasteiger partial charge in [-0.25, -0.2) is 9.97 Å². The number of aromatic nitrogens is 4. The monoisotopic (exact) mass is 369 g/mol. The van der Waals surface area contributed by atoms with Gasteiger partial charge in [-0.3, -0.25) is 0 Å². The number of hydrogen-bond acceptors (Lipinski definition) is 7. The minimum absolute atomic E-state index is 0.00302. The summed E-state index contributed by atoms with van der Waals surface area (Å²) in [5, 5.41) is 8.98. The van der Waals surface area contributed by atoms with Crippen molar-refractivity contribution in [3.05, 3.63) is 28.0 Å². The van der Waals surface area contributed by atoms with Crippen molar-refractivity contribution in [1.29, 1.82) is 0 Å². The summed E-state index contributed by atoms with van der Waals surface area (Å²) in [6, 6.07) is -0.00302. The molecule has 136 valence electrons. The first-order valence-electron chi connectivity index (χ1n) is 9.62. The molecule has 1 atom stereocenters. The third-order valence-electron chi connectivity index (χ3n) is 5.35. The molecule has 1 unspecified atom stereocenters. The molecule has 5 rings (SSSR count). The molecule has 0 aliphatic heterocycles. The Morgan fingerprint density at radius 1 is 1.19 bits per heavy atom. The lowest BCUT2D eigenvalue weighted by atomic mass is 9.97. The number of nitrogens with zero attached hydrogens (tertiary/aromatic N) is 4. The molecule has 3 aromatic rings. The van der Waals surface area contributed by atoms with Gasteiger partial charge in [0.2, 0.25) is 5.89 Å². The first-order chi connectivity index (χ1) is 12.7. The number of fused-ring (bicyclic) bond motifs is 3. The third-order valence-corrected chi connectivity index (χ3v) is 6.53. The number of hydrogen-bond donors (Lipinski definition) is 1. The van der Waals surface area contributed by atoms with Crippen molar-refractivity contribution in [2.75, 3.05) is 5.32 Å². The second kappa shape index (κ2) is 6.30. The highest BCUT2D eigenvalue weighted by atomic mass is 32.1. The quantitative estimate of drug-likeness (QED) is 0.702. The van der Waals surface area contributed by atoms with E-state index in [0.29, 0.717) is 17.6 Å². The fourth-order valence-corrected chi connectivity index (χ4v) is 5.04. The van der Waals surface area contributed by atoms with Crippen molar-refractivity contribution in [3.63, 3.8) is 0 Å². The molecule has 0 radical (unpaired) electrons. The number of thiophene rings is 1. The van der Waals surface area contributed by atoms with Crippen LogP contribution >= 0.6 is 11.3 Å². The lowest BCUT2D eigenvalue weighted by Gasteiger charge is -2.17. The number of nitrogens with one attached hydrogen (secondary N) is 1. The summed E-state index contributed by atoms with van der Waals surface area (Å²) in [5.74, 6) is 3.79. The van der Waals surface area contributed by atoms with Gasteiger partial charge in [-0.15, -0.1) is 11.3 Å². The van der Waals surface area contributed by atoms with Crippen LogP contribution in [0.1, 0.15) is 79.0 Å². The molecule has 3 heterocycles. The molecular weight excluding hydrogens is 346 g/mol. The summed E-state index contributed by atoms with van der Waals surface area (Å²) >= 11 is 1.87. The van der Waals surface area contributed by atoms with E-state index in [4.69, 9.17) is 14.5 Å². The molecule has 1 fully saturated rings. The van der Waals surface area contributed by atoms with E-state index in [1.807, 2.05) is 18.3 Å². The second-order valence-corrected chi connectivity index (χ2v) is 8.46. The van der Waals surface area contributed by atoms with Crippen LogP contribution < -0.4 is 5.32 Å². The summed E-state index contributed by atoms with van der Waals surface area (Å²) < 4.78 is 5.19. The number of anilines is 1. The fourth-order valence-electron chi connectivity index (χ4n) is 3.77. The van der Waals surface area contributed by atoms with Crippen molar-refractivity contribution in [1.82, 2.24) is 20.1 Å². The number of rotatable bonds is 5. The van der Waals surface area contributed by atoms with E-state index < -0.39 is 0 Å². The highest BCUT2D eigenvalue weighted by Crippen LogP contribution is 2.43. The molecular formula is C19H23N5OS. The van der Waals surface area contributed by atoms with E-state index in [2.05, 4.69) is 22.4 Å². The van der Waals surface area contributed by atoms with Gasteiger partial charge in [0.05, 0.1) is 11.4 Å². The molecule has 3 aromatic heterocycles. The standard InChI is InChI=1S/C19H23N5OS/c1-3-13(17-20-10(2)25-24-17)21-18-15-12-6-4-5-7-14(12)26-19(15)23-16(22-18)11-8-9-11/h11,13H,3-9H2,1-2H3,(H,21,22,23). The Morgan fingerprint density at radius 2 is 2.04 bits per heavy atom. The van der Waals surface area contributed by atoms with Crippen LogP contribution in [0.25, 0.3) is 10.2 Å². The van der Waals surface area contributed by atoms with Gasteiger partial charge in [-0.2, -0.15) is 4.98 Å². The van der Waals surface area contributed by atoms with Crippen LogP contribution in [-0.4, -0.2) is 20.1 Å². The van der Waals surface area contributed by atoms with Crippen molar-refractivity contribution in [2.24, 2.45) is 0 Å². The Bertz CT molecular complexity index is 958. The maximum absolute atomic E-state index is 5.19. The molecule has 0 saturated heterocycles. The molecule has 2 aliphatic carbocycles. The van der Waals surface area contributed by atoms with Crippen molar-refractivity contribution < 1.29 is 4.52 Å². The molecule has 2 aliphatic rings. The Morgan fingerprint density at radius 3 is 2.77 bits per heavy atom. The Kier molecular flexibility index (Phi) is 3.92. The van der Waals surface area contributed by atoms with Crippen LogP contribution in [0.3, 0.4) is 0 Å². The molecule has 0 spiro atoms. The summed E-state index contributed by atoms with van der Waals surface area (Å²) in [4.78, 5) is 17.0. The largest absolute Gasteiger partial charge is 0.359 e. The zero-order valence-corrected chi connectivity index (χ0v) is 16.0. The zero-order chi connectivity index (χ0) is 17.7. The van der Waals surface area contributed by atoms with Gasteiger partial charge in [0, 0.05) is 17.7 Å². The third kappa shape index (κ3) is 2.78. The average molecular weight is 369 g/mol. The molecule has 1 saturated carbocycles. The molecule has 26 heavy (non-hydrogen) atoms. The van der Waals surface area contributed by atoms with E-state index >= 15 is 0 Å². The lowest BCUT2D eigenvalue weighted by Crippen LogP contribution is -2.14. The van der Waals surface area contributed by atoms with Crippen LogP contribution in [0.5, 0.6) is 0 Å². The Hall–Kier alpha value is -2.02. The van der Waals surface area contributed by atoms with Crippen molar-refractivity contribution in [2.45, 2.75) is 70.8 Å². The van der Waals surface area contributed by atoms with Crippen LogP contribution in [0.2, 0.25) is 0 Å². The van der Waals surface area contributed by atoms with Gasteiger partial charge in [-0.1, -0.05) is 12.1 Å². The lowest BCUT2D eigenvalue weighted by molar-refractivity contribution is 0.384. The van der Waals surface area contributed by atoms with Crippen LogP contribution in [-0.2, 0) is 12.8 Å². The van der Waals surface area contributed by atoms with E-state index in [1.165, 1.54) is 47.9 Å². The fraction of sp³-hybridized carbons (Fsp3) is 0.579. The van der Waals surface area contributed by atoms with Crippen LogP contribution in [0, 0.1) is 6.92 Å². The Balaban J connectivity index is 1.61. The molecule has 6 nitrogen and oxygen atoms in total. The van der Waals surface area contributed by atoms with Gasteiger partial charge >= 0.3 is 0 Å². The SMILES string of the molecule is CCC(Nc1nc(C2CC2)nc2sc3c(c12)CCCC3)c1noc(C)n1. The number of aryl methyl sites for hydroxylation is 3. The summed E-state index contributed by atoms with van der Waals surface area (Å²) in [6.07, 6.45) is 8.13. The molecule has 0 aromatic carbocycles. The van der Waals surface area contributed by atoms with Crippen molar-refractivity contribution in [3.8, 4) is 0 Å². The van der Waals surface area contributed by atoms with Gasteiger partial charge in [0.25, 0.3) is 0 Å². The molecule has 7 heteroatoms. The first-order valence-corrected chi connectivity index (χ1v) is 10.4. The average Bonchev–Trinajstić information content (AvgIpc) is 3.31. The zero-order valence-electron chi connectivity index (χ0n) is 15.2. The molecule has 1 N–H and O–H groups in total. The highest BCUT2D eigenvalue weighted by molar-refractivity contribution is 7.19. The van der Waals surface area contributed by atoms with Crippen LogP contribution in [0.4, 0.5) is 5.82 Å². The summed E-state index contributed by atoms with van der Waals surface area (Å²) in [5.41, 5.74) is 1.46. The molecule has 0 amide bonds. The van der Waals surface area contributed by atoms with Gasteiger partial charge < -0.3 is 9.84 Å².